The van der Waals surface area contributed by atoms with Crippen LogP contribution in [-0.4, -0.2) is 46.2 Å². The van der Waals surface area contributed by atoms with Crippen LogP contribution in [0.2, 0.25) is 0 Å². The molecule has 2 aromatic carbocycles. The van der Waals surface area contributed by atoms with E-state index in [9.17, 15) is 17.2 Å². The lowest BCUT2D eigenvalue weighted by Gasteiger charge is -2.31. The van der Waals surface area contributed by atoms with E-state index in [2.05, 4.69) is 9.62 Å². The molecule has 2 aromatic rings. The number of hydrogen-bond donors (Lipinski definition) is 1. The summed E-state index contributed by atoms with van der Waals surface area (Å²) in [6.07, 6.45) is 0. The van der Waals surface area contributed by atoms with Gasteiger partial charge in [0.25, 0.3) is 0 Å². The van der Waals surface area contributed by atoms with E-state index in [-0.39, 0.29) is 0 Å². The van der Waals surface area contributed by atoms with Gasteiger partial charge in [-0.15, -0.1) is 0 Å². The van der Waals surface area contributed by atoms with Gasteiger partial charge in [-0.2, -0.15) is 0 Å². The van der Waals surface area contributed by atoms with E-state index in [1.165, 1.54) is 0 Å². The highest BCUT2D eigenvalue weighted by atomic mass is 32.2. The first-order valence-corrected chi connectivity index (χ1v) is 9.76. The summed E-state index contributed by atoms with van der Waals surface area (Å²) in [7, 11) is -4.09. The van der Waals surface area contributed by atoms with Gasteiger partial charge in [0.2, 0.25) is 10.0 Å². The monoisotopic (exact) mass is 382 g/mol. The summed E-state index contributed by atoms with van der Waals surface area (Å²) >= 11 is 0. The molecule has 3 rings (SSSR count). The molecule has 1 N–H and O–H groups in total. The molecule has 26 heavy (non-hydrogen) atoms. The van der Waals surface area contributed by atoms with Crippen LogP contribution < -0.4 is 4.72 Å². The molecule has 0 bridgehead atoms. The molecule has 1 saturated heterocycles. The molecule has 1 atom stereocenters. The van der Waals surface area contributed by atoms with Gasteiger partial charge in [-0.05, 0) is 17.7 Å². The first-order chi connectivity index (χ1) is 12.4. The van der Waals surface area contributed by atoms with Gasteiger partial charge >= 0.3 is 0 Å². The maximum Gasteiger partial charge on any atom is 0.241 e. The molecule has 1 aliphatic heterocycles. The largest absolute Gasteiger partial charge is 0.379 e. The van der Waals surface area contributed by atoms with Gasteiger partial charge in [0.1, 0.15) is 11.6 Å². The standard InChI is InChI=1S/C18H20F2N2O3S/c19-15-10-16(20)12-17(11-15)26(23,24)21-18(14-4-2-1-3-5-14)13-22-6-8-25-9-7-22/h1-5,10-12,18,21H,6-9,13H2/t18-/m1/s1. The molecule has 0 spiro atoms. The van der Waals surface area contributed by atoms with Crippen molar-refractivity contribution in [1.82, 2.24) is 9.62 Å². The maximum absolute atomic E-state index is 13.4. The Bertz CT molecular complexity index is 821. The zero-order valence-electron chi connectivity index (χ0n) is 14.1. The number of morpholine rings is 1. The molecule has 0 radical (unpaired) electrons. The number of nitrogens with zero attached hydrogens (tertiary/aromatic N) is 1. The SMILES string of the molecule is O=S(=O)(N[C@H](CN1CCOCC1)c1ccccc1)c1cc(F)cc(F)c1. The summed E-state index contributed by atoms with van der Waals surface area (Å²) in [5, 5.41) is 0. The Morgan fingerprint density at radius 1 is 1.04 bits per heavy atom. The molecular weight excluding hydrogens is 362 g/mol. The zero-order valence-corrected chi connectivity index (χ0v) is 14.9. The van der Waals surface area contributed by atoms with Gasteiger partial charge in [-0.3, -0.25) is 4.90 Å². The van der Waals surface area contributed by atoms with Crippen LogP contribution in [0.5, 0.6) is 0 Å². The van der Waals surface area contributed by atoms with Crippen LogP contribution in [0.4, 0.5) is 8.78 Å². The van der Waals surface area contributed by atoms with Crippen LogP contribution >= 0.6 is 0 Å². The molecule has 5 nitrogen and oxygen atoms in total. The third kappa shape index (κ3) is 4.85. The topological polar surface area (TPSA) is 58.6 Å². The number of ether oxygens (including phenoxy) is 1. The molecule has 0 aromatic heterocycles. The zero-order chi connectivity index (χ0) is 18.6. The third-order valence-electron chi connectivity index (χ3n) is 4.19. The van der Waals surface area contributed by atoms with Crippen LogP contribution in [0.1, 0.15) is 11.6 Å². The summed E-state index contributed by atoms with van der Waals surface area (Å²) < 4.78 is 60.1. The van der Waals surface area contributed by atoms with Crippen molar-refractivity contribution < 1.29 is 21.9 Å². The molecule has 1 aliphatic rings. The van der Waals surface area contributed by atoms with Crippen molar-refractivity contribution in [3.05, 3.63) is 65.7 Å². The van der Waals surface area contributed by atoms with E-state index >= 15 is 0 Å². The molecule has 140 valence electrons. The second-order valence-electron chi connectivity index (χ2n) is 6.10. The molecule has 0 saturated carbocycles. The lowest BCUT2D eigenvalue weighted by Crippen LogP contribution is -2.43. The fourth-order valence-electron chi connectivity index (χ4n) is 2.88. The lowest BCUT2D eigenvalue weighted by atomic mass is 10.1. The third-order valence-corrected chi connectivity index (χ3v) is 5.64. The van der Waals surface area contributed by atoms with Gasteiger partial charge in [0.05, 0.1) is 24.2 Å². The van der Waals surface area contributed by atoms with Gasteiger partial charge in [-0.1, -0.05) is 30.3 Å². The fraction of sp³-hybridized carbons (Fsp3) is 0.333. The lowest BCUT2D eigenvalue weighted by molar-refractivity contribution is 0.0345. The Morgan fingerprint density at radius 2 is 1.65 bits per heavy atom. The molecular formula is C18H20F2N2O3S. The van der Waals surface area contributed by atoms with Crippen molar-refractivity contribution in [2.24, 2.45) is 0 Å². The smallest absolute Gasteiger partial charge is 0.241 e. The highest BCUT2D eigenvalue weighted by Crippen LogP contribution is 2.20. The highest BCUT2D eigenvalue weighted by molar-refractivity contribution is 7.89. The first kappa shape index (κ1) is 18.9. The van der Waals surface area contributed by atoms with Crippen molar-refractivity contribution in [1.29, 1.82) is 0 Å². The second-order valence-corrected chi connectivity index (χ2v) is 7.82. The van der Waals surface area contributed by atoms with Gasteiger partial charge in [0.15, 0.2) is 0 Å². The van der Waals surface area contributed by atoms with E-state index in [0.29, 0.717) is 38.9 Å². The van der Waals surface area contributed by atoms with E-state index < -0.39 is 32.6 Å². The quantitative estimate of drug-likeness (QED) is 0.833. The molecule has 0 aliphatic carbocycles. The van der Waals surface area contributed by atoms with Crippen LogP contribution in [0.15, 0.2) is 53.4 Å². The number of benzene rings is 2. The van der Waals surface area contributed by atoms with E-state index in [0.717, 1.165) is 17.7 Å². The minimum atomic E-state index is -4.09. The molecule has 0 unspecified atom stereocenters. The van der Waals surface area contributed by atoms with Crippen molar-refractivity contribution in [2.75, 3.05) is 32.8 Å². The molecule has 1 fully saturated rings. The minimum absolute atomic E-state index is 0.432. The van der Waals surface area contributed by atoms with Crippen LogP contribution in [0, 0.1) is 11.6 Å². The minimum Gasteiger partial charge on any atom is -0.379 e. The van der Waals surface area contributed by atoms with E-state index in [1.807, 2.05) is 30.3 Å². The Kier molecular flexibility index (Phi) is 5.98. The summed E-state index contributed by atoms with van der Waals surface area (Å²) in [4.78, 5) is 1.66. The van der Waals surface area contributed by atoms with Gasteiger partial charge in [0, 0.05) is 25.7 Å². The number of sulfonamides is 1. The second kappa shape index (κ2) is 8.22. The van der Waals surface area contributed by atoms with Crippen molar-refractivity contribution in [3.8, 4) is 0 Å². The average Bonchev–Trinajstić information content (AvgIpc) is 2.62. The van der Waals surface area contributed by atoms with E-state index in [1.54, 1.807) is 0 Å². The van der Waals surface area contributed by atoms with Crippen molar-refractivity contribution >= 4 is 10.0 Å². The number of nitrogens with one attached hydrogen (secondary N) is 1. The number of halogens is 2. The first-order valence-electron chi connectivity index (χ1n) is 8.27. The molecule has 0 amide bonds. The highest BCUT2D eigenvalue weighted by Gasteiger charge is 2.25. The Balaban J connectivity index is 1.86. The molecule has 8 heteroatoms. The Hall–Kier alpha value is -1.87. The Labute approximate surface area is 151 Å². The maximum atomic E-state index is 13.4. The summed E-state index contributed by atoms with van der Waals surface area (Å²) in [6.45, 7) is 3.00. The molecule has 1 heterocycles. The van der Waals surface area contributed by atoms with Crippen LogP contribution in [-0.2, 0) is 14.8 Å². The average molecular weight is 382 g/mol. The summed E-state index contributed by atoms with van der Waals surface area (Å²) in [6, 6.07) is 10.8. The van der Waals surface area contributed by atoms with Gasteiger partial charge < -0.3 is 4.74 Å². The fourth-order valence-corrected chi connectivity index (χ4v) is 4.13. The van der Waals surface area contributed by atoms with Crippen LogP contribution in [0.3, 0.4) is 0 Å². The summed E-state index contributed by atoms with van der Waals surface area (Å²) in [5.74, 6) is -1.87. The predicted octanol–water partition coefficient (Wildman–Crippen LogP) is 2.32. The Morgan fingerprint density at radius 3 is 2.27 bits per heavy atom. The summed E-state index contributed by atoms with van der Waals surface area (Å²) in [5.41, 5.74) is 0.777. The number of rotatable bonds is 6. The van der Waals surface area contributed by atoms with E-state index in [4.69, 9.17) is 4.74 Å². The van der Waals surface area contributed by atoms with Gasteiger partial charge in [-0.25, -0.2) is 21.9 Å². The normalized spacial score (nSPS) is 17.2. The van der Waals surface area contributed by atoms with Crippen LogP contribution in [0.25, 0.3) is 0 Å². The number of hydrogen-bond acceptors (Lipinski definition) is 4. The van der Waals surface area contributed by atoms with Crippen molar-refractivity contribution in [2.45, 2.75) is 10.9 Å². The van der Waals surface area contributed by atoms with Crippen molar-refractivity contribution in [3.63, 3.8) is 0 Å². The predicted molar refractivity (Wildman–Crippen MR) is 93.1 cm³/mol.